The van der Waals surface area contributed by atoms with Gasteiger partial charge >= 0.3 is 0 Å². The maximum atomic E-state index is 6.30. The summed E-state index contributed by atoms with van der Waals surface area (Å²) in [5.41, 5.74) is 2.03. The fourth-order valence-electron chi connectivity index (χ4n) is 2.65. The highest BCUT2D eigenvalue weighted by atomic mass is 35.5. The van der Waals surface area contributed by atoms with Crippen molar-refractivity contribution in [2.75, 3.05) is 19.6 Å². The van der Waals surface area contributed by atoms with Crippen LogP contribution in [0.4, 0.5) is 0 Å². The van der Waals surface area contributed by atoms with Crippen LogP contribution < -0.4 is 0 Å². The number of hydrogen-bond acceptors (Lipinski definition) is 2. The topological polar surface area (TPSA) is 21.1 Å². The Kier molecular flexibility index (Phi) is 5.91. The Bertz CT molecular complexity index is 592. The van der Waals surface area contributed by atoms with Gasteiger partial charge in [0.25, 0.3) is 0 Å². The number of benzene rings is 1. The molecule has 0 aliphatic rings. The van der Waals surface area contributed by atoms with Crippen LogP contribution in [0.1, 0.15) is 38.4 Å². The number of nitrogens with zero attached hydrogens (tertiary/aromatic N) is 3. The first-order valence-corrected chi connectivity index (χ1v) is 8.40. The Balaban J connectivity index is 2.30. The molecule has 0 aliphatic carbocycles. The monoisotopic (exact) mass is 327 g/mol. The molecule has 0 saturated heterocycles. The van der Waals surface area contributed by atoms with E-state index in [0.29, 0.717) is 5.02 Å². The van der Waals surface area contributed by atoms with Crippen molar-refractivity contribution in [1.82, 2.24) is 14.5 Å². The normalized spacial score (nSPS) is 13.2. The molecule has 0 fully saturated rings. The Hall–Kier alpha value is -0.770. The van der Waals surface area contributed by atoms with Crippen molar-refractivity contribution < 1.29 is 0 Å². The third-order valence-corrected chi connectivity index (χ3v) is 4.15. The molecule has 116 valence electrons. The lowest BCUT2D eigenvalue weighted by molar-refractivity contribution is 0.276. The third kappa shape index (κ3) is 3.91. The van der Waals surface area contributed by atoms with Gasteiger partial charge in [0.15, 0.2) is 0 Å². The predicted molar refractivity (Wildman–Crippen MR) is 91.4 cm³/mol. The molecule has 2 rings (SSSR count). The van der Waals surface area contributed by atoms with Crippen LogP contribution in [0.15, 0.2) is 18.2 Å². The van der Waals surface area contributed by atoms with E-state index in [0.717, 1.165) is 43.0 Å². The fraction of sp³-hybridized carbons (Fsp3) is 0.562. The smallest absolute Gasteiger partial charge is 0.127 e. The van der Waals surface area contributed by atoms with Crippen LogP contribution >= 0.6 is 23.2 Å². The van der Waals surface area contributed by atoms with Crippen LogP contribution in [0.25, 0.3) is 11.0 Å². The number of aromatic nitrogens is 2. The molecule has 1 aromatic heterocycles. The molecule has 0 bridgehead atoms. The van der Waals surface area contributed by atoms with E-state index in [-0.39, 0.29) is 5.38 Å². The number of hydrogen-bond donors (Lipinski definition) is 0. The molecule has 21 heavy (non-hydrogen) atoms. The second-order valence-electron chi connectivity index (χ2n) is 5.30. The number of rotatable bonds is 7. The van der Waals surface area contributed by atoms with Crippen LogP contribution in [-0.4, -0.2) is 34.1 Å². The quantitative estimate of drug-likeness (QED) is 0.686. The summed E-state index contributed by atoms with van der Waals surface area (Å²) in [6, 6.07) is 5.84. The van der Waals surface area contributed by atoms with Gasteiger partial charge in [-0.3, -0.25) is 0 Å². The van der Waals surface area contributed by atoms with Crippen LogP contribution in [0.3, 0.4) is 0 Å². The Morgan fingerprint density at radius 2 is 2.05 bits per heavy atom. The van der Waals surface area contributed by atoms with Gasteiger partial charge in [0, 0.05) is 18.1 Å². The van der Waals surface area contributed by atoms with Crippen LogP contribution in [0.2, 0.25) is 5.02 Å². The lowest BCUT2D eigenvalue weighted by Crippen LogP contribution is -2.28. The highest BCUT2D eigenvalue weighted by molar-refractivity contribution is 6.31. The minimum absolute atomic E-state index is 0.113. The van der Waals surface area contributed by atoms with Gasteiger partial charge < -0.3 is 9.47 Å². The molecule has 0 spiro atoms. The zero-order valence-corrected chi connectivity index (χ0v) is 14.5. The van der Waals surface area contributed by atoms with Crippen LogP contribution in [0, 0.1) is 0 Å². The number of halogens is 2. The number of imidazole rings is 1. The van der Waals surface area contributed by atoms with Crippen molar-refractivity contribution in [2.24, 2.45) is 0 Å². The lowest BCUT2D eigenvalue weighted by Gasteiger charge is -2.21. The maximum absolute atomic E-state index is 6.30. The molecule has 3 nitrogen and oxygen atoms in total. The van der Waals surface area contributed by atoms with Crippen molar-refractivity contribution in [3.05, 3.63) is 29.0 Å². The largest absolute Gasteiger partial charge is 0.325 e. The maximum Gasteiger partial charge on any atom is 0.127 e. The molecule has 5 heteroatoms. The summed E-state index contributed by atoms with van der Waals surface area (Å²) in [5.74, 6) is 0.918. The summed E-state index contributed by atoms with van der Waals surface area (Å²) in [4.78, 5) is 7.10. The summed E-state index contributed by atoms with van der Waals surface area (Å²) >= 11 is 12.4. The zero-order chi connectivity index (χ0) is 15.4. The van der Waals surface area contributed by atoms with E-state index < -0.39 is 0 Å². The lowest BCUT2D eigenvalue weighted by atomic mass is 10.3. The molecule has 2 aromatic rings. The second kappa shape index (κ2) is 7.48. The van der Waals surface area contributed by atoms with E-state index in [2.05, 4.69) is 28.3 Å². The van der Waals surface area contributed by atoms with Gasteiger partial charge in [-0.05, 0) is 44.6 Å². The summed E-state index contributed by atoms with van der Waals surface area (Å²) in [5, 5.41) is 0.597. The summed E-state index contributed by atoms with van der Waals surface area (Å²) in [7, 11) is 0. The van der Waals surface area contributed by atoms with Crippen molar-refractivity contribution in [2.45, 2.75) is 39.1 Å². The average Bonchev–Trinajstić information content (AvgIpc) is 2.81. The molecular formula is C16H23Cl2N3. The Morgan fingerprint density at radius 1 is 1.29 bits per heavy atom. The predicted octanol–water partition coefficient (Wildman–Crippen LogP) is 4.72. The van der Waals surface area contributed by atoms with E-state index in [1.54, 1.807) is 0 Å². The molecule has 0 amide bonds. The van der Waals surface area contributed by atoms with Crippen LogP contribution in [0.5, 0.6) is 0 Å². The van der Waals surface area contributed by atoms with Gasteiger partial charge in [0.2, 0.25) is 0 Å². The van der Waals surface area contributed by atoms with E-state index >= 15 is 0 Å². The summed E-state index contributed by atoms with van der Waals surface area (Å²) in [6.45, 7) is 10.5. The Labute approximate surface area is 136 Å². The number of alkyl halides is 1. The number of likely N-dealkylation sites (N-methyl/N-ethyl adjacent to an activating group) is 1. The van der Waals surface area contributed by atoms with Crippen molar-refractivity contribution >= 4 is 34.2 Å². The molecule has 0 N–H and O–H groups in total. The third-order valence-electron chi connectivity index (χ3n) is 3.72. The molecule has 0 aliphatic heterocycles. The zero-order valence-electron chi connectivity index (χ0n) is 12.9. The molecular weight excluding hydrogens is 305 g/mol. The minimum atomic E-state index is -0.113. The van der Waals surface area contributed by atoms with Gasteiger partial charge in [-0.2, -0.15) is 0 Å². The summed E-state index contributed by atoms with van der Waals surface area (Å²) < 4.78 is 2.22. The summed E-state index contributed by atoms with van der Waals surface area (Å²) in [6.07, 6.45) is 1.17. The van der Waals surface area contributed by atoms with E-state index in [4.69, 9.17) is 23.2 Å². The molecule has 0 radical (unpaired) electrons. The van der Waals surface area contributed by atoms with Crippen molar-refractivity contribution in [3.63, 3.8) is 0 Å². The SMILES string of the molecule is CCCN(CC)CCn1c(C(C)Cl)nc2cc(Cl)ccc21. The van der Waals surface area contributed by atoms with Crippen molar-refractivity contribution in [1.29, 1.82) is 0 Å². The molecule has 1 aromatic carbocycles. The molecule has 1 heterocycles. The van der Waals surface area contributed by atoms with Gasteiger partial charge in [0.05, 0.1) is 16.4 Å². The molecule has 0 saturated carbocycles. The van der Waals surface area contributed by atoms with Gasteiger partial charge in [-0.15, -0.1) is 11.6 Å². The average molecular weight is 328 g/mol. The second-order valence-corrected chi connectivity index (χ2v) is 6.40. The van der Waals surface area contributed by atoms with Gasteiger partial charge in [-0.25, -0.2) is 4.98 Å². The first-order valence-electron chi connectivity index (χ1n) is 7.58. The number of fused-ring (bicyclic) bond motifs is 1. The van der Waals surface area contributed by atoms with Crippen molar-refractivity contribution in [3.8, 4) is 0 Å². The fourth-order valence-corrected chi connectivity index (χ4v) is 2.98. The first-order chi connectivity index (χ1) is 10.1. The molecule has 1 unspecified atom stereocenters. The van der Waals surface area contributed by atoms with Crippen LogP contribution in [-0.2, 0) is 6.54 Å². The first kappa shape index (κ1) is 16.6. The standard InChI is InChI=1S/C16H23Cl2N3/c1-4-8-20(5-2)9-10-21-15-7-6-13(18)11-14(15)19-16(21)12(3)17/h6-7,11-12H,4-5,8-10H2,1-3H3. The van der Waals surface area contributed by atoms with Gasteiger partial charge in [0.1, 0.15) is 5.82 Å². The molecule has 1 atom stereocenters. The van der Waals surface area contributed by atoms with E-state index in [9.17, 15) is 0 Å². The van der Waals surface area contributed by atoms with E-state index in [1.165, 1.54) is 6.42 Å². The Morgan fingerprint density at radius 3 is 2.67 bits per heavy atom. The van der Waals surface area contributed by atoms with E-state index in [1.807, 2.05) is 25.1 Å². The van der Waals surface area contributed by atoms with Gasteiger partial charge in [-0.1, -0.05) is 25.4 Å². The highest BCUT2D eigenvalue weighted by Gasteiger charge is 2.15. The highest BCUT2D eigenvalue weighted by Crippen LogP contribution is 2.26. The minimum Gasteiger partial charge on any atom is -0.325 e.